The zero-order valence-corrected chi connectivity index (χ0v) is 12.8. The van der Waals surface area contributed by atoms with E-state index in [1.54, 1.807) is 0 Å². The maximum absolute atomic E-state index is 5.63. The molecule has 0 aliphatic carbocycles. The highest BCUT2D eigenvalue weighted by Crippen LogP contribution is 2.24. The van der Waals surface area contributed by atoms with E-state index in [1.165, 1.54) is 25.7 Å². The molecule has 0 radical (unpaired) electrons. The Labute approximate surface area is 108 Å². The molecular weight excluding hydrogens is 212 g/mol. The van der Waals surface area contributed by atoms with Crippen LogP contribution in [0, 0.1) is 0 Å². The van der Waals surface area contributed by atoms with Gasteiger partial charge in [0.25, 0.3) is 0 Å². The van der Waals surface area contributed by atoms with Crippen molar-refractivity contribution in [2.24, 2.45) is 0 Å². The van der Waals surface area contributed by atoms with E-state index in [2.05, 4.69) is 41.5 Å². The lowest BCUT2D eigenvalue weighted by atomic mass is 10.0. The minimum absolute atomic E-state index is 0.168. The van der Waals surface area contributed by atoms with E-state index in [1.807, 2.05) is 0 Å². The molecule has 0 spiro atoms. The van der Waals surface area contributed by atoms with Gasteiger partial charge in [-0.2, -0.15) is 0 Å². The lowest BCUT2D eigenvalue weighted by molar-refractivity contribution is -0.402. The Morgan fingerprint density at radius 3 is 1.65 bits per heavy atom. The molecule has 0 aliphatic heterocycles. The van der Waals surface area contributed by atoms with Crippen LogP contribution in [0.15, 0.2) is 0 Å². The molecule has 0 aliphatic rings. The Morgan fingerprint density at radius 2 is 1.18 bits per heavy atom. The molecule has 17 heavy (non-hydrogen) atoms. The molecule has 0 bridgehead atoms. The van der Waals surface area contributed by atoms with Gasteiger partial charge in [-0.15, -0.1) is 0 Å². The van der Waals surface area contributed by atoms with E-state index >= 15 is 0 Å². The third-order valence-corrected chi connectivity index (χ3v) is 2.98. The van der Waals surface area contributed by atoms with Crippen LogP contribution in [0.1, 0.15) is 86.5 Å². The molecule has 0 N–H and O–H groups in total. The third-order valence-electron chi connectivity index (χ3n) is 2.98. The maximum Gasteiger partial charge on any atom is 0.0980 e. The second-order valence-corrected chi connectivity index (χ2v) is 6.25. The summed E-state index contributed by atoms with van der Waals surface area (Å²) in [5.74, 6) is 0. The van der Waals surface area contributed by atoms with Crippen LogP contribution in [0.25, 0.3) is 0 Å². The normalized spacial score (nSPS) is 13.1. The first kappa shape index (κ1) is 16.9. The molecule has 0 atom stereocenters. The molecule has 0 aromatic heterocycles. The molecule has 2 heteroatoms. The summed E-state index contributed by atoms with van der Waals surface area (Å²) in [5, 5.41) is 0. The predicted molar refractivity (Wildman–Crippen MR) is 74.0 cm³/mol. The summed E-state index contributed by atoms with van der Waals surface area (Å²) in [6.45, 7) is 12.8. The van der Waals surface area contributed by atoms with Crippen molar-refractivity contribution in [3.8, 4) is 0 Å². The van der Waals surface area contributed by atoms with E-state index in [4.69, 9.17) is 9.78 Å². The number of unbranched alkanes of at least 4 members (excludes halogenated alkanes) is 3. The standard InChI is InChI=1S/C15H32O2/c1-7-9-10-11-13-15(5,6)17-16-14(3,4)12-8-2/h7-13H2,1-6H3. The minimum atomic E-state index is -0.171. The molecule has 0 heterocycles. The van der Waals surface area contributed by atoms with Gasteiger partial charge in [0.05, 0.1) is 11.2 Å². The molecule has 0 fully saturated rings. The smallest absolute Gasteiger partial charge is 0.0980 e. The highest BCUT2D eigenvalue weighted by atomic mass is 17.2. The van der Waals surface area contributed by atoms with E-state index in [0.717, 1.165) is 19.3 Å². The van der Waals surface area contributed by atoms with Crippen LogP contribution in [0.5, 0.6) is 0 Å². The van der Waals surface area contributed by atoms with Gasteiger partial charge in [-0.3, -0.25) is 0 Å². The summed E-state index contributed by atoms with van der Waals surface area (Å²) in [4.78, 5) is 11.2. The van der Waals surface area contributed by atoms with Gasteiger partial charge in [0.1, 0.15) is 0 Å². The molecule has 0 aromatic carbocycles. The SMILES string of the molecule is CCCCCCC(C)(C)OOC(C)(C)CCC. The zero-order valence-electron chi connectivity index (χ0n) is 12.8. The zero-order chi connectivity index (χ0) is 13.4. The number of hydrogen-bond donors (Lipinski definition) is 0. The summed E-state index contributed by atoms with van der Waals surface area (Å²) in [7, 11) is 0. The van der Waals surface area contributed by atoms with Crippen molar-refractivity contribution < 1.29 is 9.78 Å². The Bertz CT molecular complexity index is 185. The highest BCUT2D eigenvalue weighted by Gasteiger charge is 2.25. The van der Waals surface area contributed by atoms with Crippen molar-refractivity contribution in [2.75, 3.05) is 0 Å². The van der Waals surface area contributed by atoms with E-state index in [9.17, 15) is 0 Å². The van der Waals surface area contributed by atoms with E-state index in [-0.39, 0.29) is 11.2 Å². The Kier molecular flexibility index (Phi) is 8.06. The molecule has 0 saturated carbocycles. The number of hydrogen-bond acceptors (Lipinski definition) is 2. The summed E-state index contributed by atoms with van der Waals surface area (Å²) in [5.41, 5.74) is -0.339. The van der Waals surface area contributed by atoms with Gasteiger partial charge in [-0.05, 0) is 40.5 Å². The first-order valence-electron chi connectivity index (χ1n) is 7.20. The lowest BCUT2D eigenvalue weighted by Crippen LogP contribution is -2.32. The molecule has 0 aromatic rings. The van der Waals surface area contributed by atoms with Gasteiger partial charge in [0.15, 0.2) is 0 Å². The average Bonchev–Trinajstić information content (AvgIpc) is 2.22. The summed E-state index contributed by atoms with van der Waals surface area (Å²) in [6.07, 6.45) is 8.32. The van der Waals surface area contributed by atoms with Crippen LogP contribution in [0.3, 0.4) is 0 Å². The van der Waals surface area contributed by atoms with Gasteiger partial charge in [0.2, 0.25) is 0 Å². The van der Waals surface area contributed by atoms with Crippen molar-refractivity contribution in [1.29, 1.82) is 0 Å². The van der Waals surface area contributed by atoms with Crippen molar-refractivity contribution in [3.05, 3.63) is 0 Å². The molecule has 0 rings (SSSR count). The van der Waals surface area contributed by atoms with Gasteiger partial charge in [0, 0.05) is 0 Å². The first-order chi connectivity index (χ1) is 7.83. The largest absolute Gasteiger partial charge is 0.230 e. The molecule has 2 nitrogen and oxygen atoms in total. The molecule has 0 amide bonds. The van der Waals surface area contributed by atoms with Gasteiger partial charge >= 0.3 is 0 Å². The highest BCUT2D eigenvalue weighted by molar-refractivity contribution is 4.69. The van der Waals surface area contributed by atoms with Gasteiger partial charge in [-0.25, -0.2) is 9.78 Å². The predicted octanol–water partition coefficient (Wildman–Crippen LogP) is 5.26. The minimum Gasteiger partial charge on any atom is -0.230 e. The number of rotatable bonds is 10. The fourth-order valence-electron chi connectivity index (χ4n) is 1.89. The quantitative estimate of drug-likeness (QED) is 0.296. The van der Waals surface area contributed by atoms with Gasteiger partial charge < -0.3 is 0 Å². The van der Waals surface area contributed by atoms with Crippen LogP contribution >= 0.6 is 0 Å². The van der Waals surface area contributed by atoms with Crippen molar-refractivity contribution >= 4 is 0 Å². The van der Waals surface area contributed by atoms with Crippen LogP contribution in [0.2, 0.25) is 0 Å². The Hall–Kier alpha value is -0.0800. The lowest BCUT2D eigenvalue weighted by Gasteiger charge is -2.30. The van der Waals surface area contributed by atoms with Gasteiger partial charge in [-0.1, -0.05) is 46.0 Å². The van der Waals surface area contributed by atoms with E-state index in [0.29, 0.717) is 0 Å². The van der Waals surface area contributed by atoms with Crippen molar-refractivity contribution in [1.82, 2.24) is 0 Å². The molecule has 104 valence electrons. The van der Waals surface area contributed by atoms with E-state index < -0.39 is 0 Å². The molecular formula is C15H32O2. The first-order valence-corrected chi connectivity index (χ1v) is 7.20. The summed E-state index contributed by atoms with van der Waals surface area (Å²) in [6, 6.07) is 0. The second-order valence-electron chi connectivity index (χ2n) is 6.25. The fraction of sp³-hybridized carbons (Fsp3) is 1.00. The Morgan fingerprint density at radius 1 is 0.647 bits per heavy atom. The molecule has 0 saturated heterocycles. The monoisotopic (exact) mass is 244 g/mol. The maximum atomic E-state index is 5.63. The Balaban J connectivity index is 3.83. The second kappa shape index (κ2) is 8.10. The van der Waals surface area contributed by atoms with Crippen LogP contribution in [-0.4, -0.2) is 11.2 Å². The molecule has 0 unspecified atom stereocenters. The summed E-state index contributed by atoms with van der Waals surface area (Å²) < 4.78 is 0. The summed E-state index contributed by atoms with van der Waals surface area (Å²) >= 11 is 0. The van der Waals surface area contributed by atoms with Crippen LogP contribution in [-0.2, 0) is 9.78 Å². The fourth-order valence-corrected chi connectivity index (χ4v) is 1.89. The van der Waals surface area contributed by atoms with Crippen LogP contribution < -0.4 is 0 Å². The topological polar surface area (TPSA) is 18.5 Å². The van der Waals surface area contributed by atoms with Crippen molar-refractivity contribution in [2.45, 2.75) is 97.7 Å². The average molecular weight is 244 g/mol. The third kappa shape index (κ3) is 9.61. The van der Waals surface area contributed by atoms with Crippen molar-refractivity contribution in [3.63, 3.8) is 0 Å². The van der Waals surface area contributed by atoms with Crippen LogP contribution in [0.4, 0.5) is 0 Å².